The molecule has 1 heterocycles. The summed E-state index contributed by atoms with van der Waals surface area (Å²) in [6.45, 7) is 3.34. The van der Waals surface area contributed by atoms with Crippen molar-refractivity contribution in [3.63, 3.8) is 0 Å². The summed E-state index contributed by atoms with van der Waals surface area (Å²) in [7, 11) is -2.28. The summed E-state index contributed by atoms with van der Waals surface area (Å²) in [5.74, 6) is -2.14. The van der Waals surface area contributed by atoms with Gasteiger partial charge in [0.05, 0.1) is 5.56 Å². The molecule has 0 saturated carbocycles. The molecule has 1 aliphatic heterocycles. The van der Waals surface area contributed by atoms with E-state index in [-0.39, 0.29) is 5.03 Å². The predicted molar refractivity (Wildman–Crippen MR) is 64.7 cm³/mol. The van der Waals surface area contributed by atoms with Crippen LogP contribution in [0.4, 0.5) is 13.2 Å². The van der Waals surface area contributed by atoms with Crippen LogP contribution in [0, 0.1) is 11.6 Å². The van der Waals surface area contributed by atoms with E-state index in [1.165, 1.54) is 6.08 Å². The molecule has 0 radical (unpaired) electrons. The van der Waals surface area contributed by atoms with Crippen LogP contribution >= 0.6 is 0 Å². The summed E-state index contributed by atoms with van der Waals surface area (Å²) in [5.41, 5.74) is -1.59. The molecule has 2 rings (SSSR count). The molecule has 1 aliphatic rings. The van der Waals surface area contributed by atoms with Crippen molar-refractivity contribution in [1.29, 1.82) is 0 Å². The van der Waals surface area contributed by atoms with Crippen molar-refractivity contribution in [2.24, 2.45) is 0 Å². The molecule has 0 bridgehead atoms. The number of hydrogen-bond acceptors (Lipinski definition) is 3. The molecular weight excluding hydrogens is 279 g/mol. The molecule has 0 amide bonds. The highest BCUT2D eigenvalue weighted by molar-refractivity contribution is 7.89. The highest BCUT2D eigenvalue weighted by Crippen LogP contribution is 2.32. The standard InChI is InChI=1S/C12H12F3NO2S/c1-12(2)6-9(16-18-12)19(17)11(15)10-7(13)4-3-5-8(10)14/h3-6,11,16H,1-2H3. The smallest absolute Gasteiger partial charge is 0.211 e. The second-order valence-electron chi connectivity index (χ2n) is 4.56. The van der Waals surface area contributed by atoms with E-state index in [4.69, 9.17) is 4.84 Å². The molecule has 7 heteroatoms. The summed E-state index contributed by atoms with van der Waals surface area (Å²) >= 11 is 0. The van der Waals surface area contributed by atoms with Gasteiger partial charge in [0.15, 0.2) is 0 Å². The molecule has 2 atom stereocenters. The van der Waals surface area contributed by atoms with Gasteiger partial charge < -0.3 is 0 Å². The van der Waals surface area contributed by atoms with Crippen molar-refractivity contribution >= 4 is 10.8 Å². The van der Waals surface area contributed by atoms with E-state index in [1.807, 2.05) is 0 Å². The molecule has 0 saturated heterocycles. The Labute approximate surface area is 110 Å². The van der Waals surface area contributed by atoms with Gasteiger partial charge in [-0.25, -0.2) is 17.4 Å². The maximum Gasteiger partial charge on any atom is 0.211 e. The molecule has 1 aromatic rings. The monoisotopic (exact) mass is 291 g/mol. The van der Waals surface area contributed by atoms with Crippen LogP contribution in [0.5, 0.6) is 0 Å². The van der Waals surface area contributed by atoms with Gasteiger partial charge in [0.1, 0.15) is 33.1 Å². The molecule has 1 N–H and O–H groups in total. The maximum atomic E-state index is 14.0. The lowest BCUT2D eigenvalue weighted by molar-refractivity contribution is -0.0129. The first kappa shape index (κ1) is 14.1. The Bertz CT molecular complexity index is 540. The quantitative estimate of drug-likeness (QED) is 0.930. The van der Waals surface area contributed by atoms with Gasteiger partial charge in [0, 0.05) is 0 Å². The van der Waals surface area contributed by atoms with E-state index >= 15 is 0 Å². The van der Waals surface area contributed by atoms with Crippen LogP contribution in [-0.2, 0) is 15.6 Å². The van der Waals surface area contributed by atoms with E-state index in [0.29, 0.717) is 0 Å². The Morgan fingerprint density at radius 2 is 1.89 bits per heavy atom. The topological polar surface area (TPSA) is 38.3 Å². The first-order valence-electron chi connectivity index (χ1n) is 5.47. The molecule has 104 valence electrons. The molecule has 0 aliphatic carbocycles. The Kier molecular flexibility index (Phi) is 3.69. The molecule has 19 heavy (non-hydrogen) atoms. The number of alkyl halides is 1. The number of nitrogens with one attached hydrogen (secondary N) is 1. The fourth-order valence-corrected chi connectivity index (χ4v) is 2.79. The van der Waals surface area contributed by atoms with E-state index in [0.717, 1.165) is 18.2 Å². The summed E-state index contributed by atoms with van der Waals surface area (Å²) in [6.07, 6.45) is 1.41. The molecule has 0 fully saturated rings. The van der Waals surface area contributed by atoms with Crippen molar-refractivity contribution < 1.29 is 22.2 Å². The van der Waals surface area contributed by atoms with Crippen molar-refractivity contribution in [3.05, 3.63) is 46.5 Å². The third-order valence-electron chi connectivity index (χ3n) is 2.52. The third kappa shape index (κ3) is 2.82. The maximum absolute atomic E-state index is 14.0. The van der Waals surface area contributed by atoms with Crippen molar-refractivity contribution in [2.45, 2.75) is 25.0 Å². The summed E-state index contributed by atoms with van der Waals surface area (Å²) < 4.78 is 52.8. The van der Waals surface area contributed by atoms with Crippen LogP contribution in [0.25, 0.3) is 0 Å². The number of benzene rings is 1. The Morgan fingerprint density at radius 3 is 2.37 bits per heavy atom. The number of hydroxylamine groups is 1. The number of hydrogen-bond donors (Lipinski definition) is 1. The largest absolute Gasteiger partial charge is 0.265 e. The van der Waals surface area contributed by atoms with Crippen LogP contribution in [0.15, 0.2) is 29.3 Å². The van der Waals surface area contributed by atoms with Gasteiger partial charge in [-0.2, -0.15) is 0 Å². The van der Waals surface area contributed by atoms with Crippen LogP contribution in [0.3, 0.4) is 0 Å². The Morgan fingerprint density at radius 1 is 1.32 bits per heavy atom. The molecule has 1 aromatic carbocycles. The van der Waals surface area contributed by atoms with Gasteiger partial charge in [-0.15, -0.1) is 0 Å². The summed E-state index contributed by atoms with van der Waals surface area (Å²) in [5, 5.41) is -0.0415. The molecule has 0 aromatic heterocycles. The second-order valence-corrected chi connectivity index (χ2v) is 6.01. The van der Waals surface area contributed by atoms with Gasteiger partial charge >= 0.3 is 0 Å². The van der Waals surface area contributed by atoms with Crippen LogP contribution in [-0.4, -0.2) is 9.81 Å². The van der Waals surface area contributed by atoms with Crippen molar-refractivity contribution in [2.75, 3.05) is 0 Å². The van der Waals surface area contributed by atoms with Crippen LogP contribution < -0.4 is 5.48 Å². The fraction of sp³-hybridized carbons (Fsp3) is 0.333. The third-order valence-corrected chi connectivity index (χ3v) is 3.77. The van der Waals surface area contributed by atoms with Crippen molar-refractivity contribution in [1.82, 2.24) is 5.48 Å². The second kappa shape index (κ2) is 4.97. The van der Waals surface area contributed by atoms with E-state index < -0.39 is 39.1 Å². The average molecular weight is 291 g/mol. The van der Waals surface area contributed by atoms with Gasteiger partial charge in [0.2, 0.25) is 5.50 Å². The Hall–Kier alpha value is -1.34. The van der Waals surface area contributed by atoms with E-state index in [2.05, 4.69) is 5.48 Å². The zero-order valence-corrected chi connectivity index (χ0v) is 11.1. The lowest BCUT2D eigenvalue weighted by atomic mass is 10.1. The summed E-state index contributed by atoms with van der Waals surface area (Å²) in [6, 6.07) is 2.95. The van der Waals surface area contributed by atoms with Gasteiger partial charge in [-0.1, -0.05) is 6.07 Å². The van der Waals surface area contributed by atoms with Gasteiger partial charge in [-0.05, 0) is 32.1 Å². The van der Waals surface area contributed by atoms with Gasteiger partial charge in [0.25, 0.3) is 0 Å². The number of rotatable bonds is 3. The zero-order valence-electron chi connectivity index (χ0n) is 10.2. The zero-order chi connectivity index (χ0) is 14.2. The molecule has 2 unspecified atom stereocenters. The normalized spacial score (nSPS) is 20.6. The first-order chi connectivity index (χ1) is 8.82. The SMILES string of the molecule is CC1(C)C=C(S(=O)C(F)c2c(F)cccc2F)NO1. The lowest BCUT2D eigenvalue weighted by Gasteiger charge is -2.12. The van der Waals surface area contributed by atoms with E-state index in [9.17, 15) is 17.4 Å². The molecule has 3 nitrogen and oxygen atoms in total. The summed E-state index contributed by atoms with van der Waals surface area (Å²) in [4.78, 5) is 5.03. The van der Waals surface area contributed by atoms with Crippen LogP contribution in [0.1, 0.15) is 24.9 Å². The minimum absolute atomic E-state index is 0.0415. The van der Waals surface area contributed by atoms with Crippen LogP contribution in [0.2, 0.25) is 0 Å². The predicted octanol–water partition coefficient (Wildman–Crippen LogP) is 2.84. The molecular formula is C12H12F3NO2S. The average Bonchev–Trinajstić information content (AvgIpc) is 2.68. The highest BCUT2D eigenvalue weighted by Gasteiger charge is 2.33. The minimum Gasteiger partial charge on any atom is -0.265 e. The minimum atomic E-state index is -2.31. The first-order valence-corrected chi connectivity index (χ1v) is 6.68. The molecule has 0 spiro atoms. The highest BCUT2D eigenvalue weighted by atomic mass is 32.2. The van der Waals surface area contributed by atoms with Gasteiger partial charge in [-0.3, -0.25) is 10.3 Å². The number of halogens is 3. The fourth-order valence-electron chi connectivity index (χ4n) is 1.60. The Balaban J connectivity index is 2.30. The lowest BCUT2D eigenvalue weighted by Crippen LogP contribution is -2.21. The van der Waals surface area contributed by atoms with E-state index in [1.54, 1.807) is 13.8 Å². The van der Waals surface area contributed by atoms with Crippen molar-refractivity contribution in [3.8, 4) is 0 Å².